The standard InChI is InChI=1S/C14H19N/c1-14(2,15-3)13-9-8-11-6-4-5-7-12(11)10-13/h4-7,10,15H,8-9H2,1-3H3. The van der Waals surface area contributed by atoms with Crippen LogP contribution in [0.5, 0.6) is 0 Å². The SMILES string of the molecule is CNC(C)(C)C1=Cc2ccccc2CC1. The molecule has 1 aromatic carbocycles. The zero-order chi connectivity index (χ0) is 10.9. The molecular formula is C14H19N. The summed E-state index contributed by atoms with van der Waals surface area (Å²) < 4.78 is 0. The lowest BCUT2D eigenvalue weighted by Gasteiger charge is -2.30. The highest BCUT2D eigenvalue weighted by Crippen LogP contribution is 2.29. The Balaban J connectivity index is 2.37. The lowest BCUT2D eigenvalue weighted by molar-refractivity contribution is 0.481. The molecular weight excluding hydrogens is 182 g/mol. The average Bonchev–Trinajstić information content (AvgIpc) is 2.28. The second kappa shape index (κ2) is 3.82. The molecule has 2 rings (SSSR count). The van der Waals surface area contributed by atoms with Crippen molar-refractivity contribution in [2.45, 2.75) is 32.2 Å². The molecule has 0 aromatic heterocycles. The minimum atomic E-state index is 0.119. The highest BCUT2D eigenvalue weighted by molar-refractivity contribution is 5.61. The van der Waals surface area contributed by atoms with E-state index in [1.165, 1.54) is 29.5 Å². The van der Waals surface area contributed by atoms with E-state index in [9.17, 15) is 0 Å². The fourth-order valence-corrected chi connectivity index (χ4v) is 2.09. The van der Waals surface area contributed by atoms with Gasteiger partial charge in [0.2, 0.25) is 0 Å². The van der Waals surface area contributed by atoms with Crippen LogP contribution in [0.1, 0.15) is 31.4 Å². The summed E-state index contributed by atoms with van der Waals surface area (Å²) in [6.07, 6.45) is 4.69. The van der Waals surface area contributed by atoms with Crippen molar-refractivity contribution in [3.63, 3.8) is 0 Å². The van der Waals surface area contributed by atoms with Gasteiger partial charge in [0.05, 0.1) is 0 Å². The summed E-state index contributed by atoms with van der Waals surface area (Å²) in [5.41, 5.74) is 4.49. The van der Waals surface area contributed by atoms with E-state index in [1.54, 1.807) is 0 Å². The van der Waals surface area contributed by atoms with Crippen molar-refractivity contribution in [2.24, 2.45) is 0 Å². The predicted octanol–water partition coefficient (Wildman–Crippen LogP) is 3.01. The number of hydrogen-bond acceptors (Lipinski definition) is 1. The molecule has 0 unspecified atom stereocenters. The van der Waals surface area contributed by atoms with Crippen LogP contribution in [0.25, 0.3) is 6.08 Å². The Morgan fingerprint density at radius 2 is 1.87 bits per heavy atom. The average molecular weight is 201 g/mol. The van der Waals surface area contributed by atoms with Gasteiger partial charge in [-0.25, -0.2) is 0 Å². The van der Waals surface area contributed by atoms with Crippen LogP contribution in [-0.4, -0.2) is 12.6 Å². The summed E-state index contributed by atoms with van der Waals surface area (Å²) in [4.78, 5) is 0. The molecule has 0 heterocycles. The predicted molar refractivity (Wildman–Crippen MR) is 65.9 cm³/mol. The third-order valence-corrected chi connectivity index (χ3v) is 3.48. The van der Waals surface area contributed by atoms with Gasteiger partial charge in [-0.3, -0.25) is 0 Å². The summed E-state index contributed by atoms with van der Waals surface area (Å²) in [6, 6.07) is 8.68. The lowest BCUT2D eigenvalue weighted by Crippen LogP contribution is -2.38. The summed E-state index contributed by atoms with van der Waals surface area (Å²) in [5, 5.41) is 3.37. The number of rotatable bonds is 2. The Kier molecular flexibility index (Phi) is 2.66. The maximum absolute atomic E-state index is 3.37. The van der Waals surface area contributed by atoms with E-state index in [-0.39, 0.29) is 5.54 Å². The monoisotopic (exact) mass is 201 g/mol. The topological polar surface area (TPSA) is 12.0 Å². The van der Waals surface area contributed by atoms with Gasteiger partial charge in [-0.05, 0) is 50.4 Å². The number of benzene rings is 1. The molecule has 1 heteroatoms. The molecule has 0 spiro atoms. The molecule has 80 valence electrons. The Hall–Kier alpha value is -1.08. The molecule has 0 aliphatic heterocycles. The third-order valence-electron chi connectivity index (χ3n) is 3.48. The molecule has 0 saturated carbocycles. The van der Waals surface area contributed by atoms with Crippen molar-refractivity contribution in [2.75, 3.05) is 7.05 Å². The Bertz CT molecular complexity index is 388. The van der Waals surface area contributed by atoms with Crippen LogP contribution in [0.3, 0.4) is 0 Å². The normalized spacial score (nSPS) is 15.8. The van der Waals surface area contributed by atoms with Crippen molar-refractivity contribution in [3.8, 4) is 0 Å². The van der Waals surface area contributed by atoms with E-state index >= 15 is 0 Å². The molecule has 0 amide bonds. The first-order chi connectivity index (χ1) is 7.13. The zero-order valence-electron chi connectivity index (χ0n) is 9.80. The number of hydrogen-bond donors (Lipinski definition) is 1. The van der Waals surface area contributed by atoms with Crippen molar-refractivity contribution in [1.82, 2.24) is 5.32 Å². The molecule has 0 atom stereocenters. The van der Waals surface area contributed by atoms with E-state index in [0.717, 1.165) is 0 Å². The van der Waals surface area contributed by atoms with Gasteiger partial charge < -0.3 is 5.32 Å². The first-order valence-corrected chi connectivity index (χ1v) is 5.61. The molecule has 1 N–H and O–H groups in total. The maximum Gasteiger partial charge on any atom is 0.0337 e. The smallest absolute Gasteiger partial charge is 0.0337 e. The quantitative estimate of drug-likeness (QED) is 0.775. The van der Waals surface area contributed by atoms with Crippen molar-refractivity contribution in [1.29, 1.82) is 0 Å². The summed E-state index contributed by atoms with van der Waals surface area (Å²) in [7, 11) is 2.03. The molecule has 1 aromatic rings. The third kappa shape index (κ3) is 1.98. The minimum Gasteiger partial charge on any atom is -0.311 e. The highest BCUT2D eigenvalue weighted by Gasteiger charge is 2.23. The van der Waals surface area contributed by atoms with E-state index in [4.69, 9.17) is 0 Å². The molecule has 0 saturated heterocycles. The van der Waals surface area contributed by atoms with E-state index in [0.29, 0.717) is 0 Å². The van der Waals surface area contributed by atoms with E-state index in [2.05, 4.69) is 49.5 Å². The second-order valence-corrected chi connectivity index (χ2v) is 4.74. The maximum atomic E-state index is 3.37. The van der Waals surface area contributed by atoms with Crippen LogP contribution in [-0.2, 0) is 6.42 Å². The summed E-state index contributed by atoms with van der Waals surface area (Å²) >= 11 is 0. The van der Waals surface area contributed by atoms with Gasteiger partial charge in [0.25, 0.3) is 0 Å². The lowest BCUT2D eigenvalue weighted by atomic mass is 9.83. The van der Waals surface area contributed by atoms with Gasteiger partial charge in [0, 0.05) is 5.54 Å². The zero-order valence-corrected chi connectivity index (χ0v) is 9.80. The van der Waals surface area contributed by atoms with Crippen LogP contribution in [0, 0.1) is 0 Å². The summed E-state index contributed by atoms with van der Waals surface area (Å²) in [5.74, 6) is 0. The number of likely N-dealkylation sites (N-methyl/N-ethyl adjacent to an activating group) is 1. The summed E-state index contributed by atoms with van der Waals surface area (Å²) in [6.45, 7) is 4.49. The molecule has 15 heavy (non-hydrogen) atoms. The van der Waals surface area contributed by atoms with Crippen LogP contribution in [0.15, 0.2) is 29.8 Å². The molecule has 1 aliphatic rings. The first-order valence-electron chi connectivity index (χ1n) is 5.61. The molecule has 1 nitrogen and oxygen atoms in total. The molecule has 0 fully saturated rings. The number of nitrogens with one attached hydrogen (secondary N) is 1. The van der Waals surface area contributed by atoms with Crippen molar-refractivity contribution < 1.29 is 0 Å². The van der Waals surface area contributed by atoms with Crippen LogP contribution in [0.4, 0.5) is 0 Å². The van der Waals surface area contributed by atoms with Crippen molar-refractivity contribution in [3.05, 3.63) is 41.0 Å². The first kappa shape index (κ1) is 10.4. The van der Waals surface area contributed by atoms with Gasteiger partial charge in [0.1, 0.15) is 0 Å². The molecule has 1 aliphatic carbocycles. The van der Waals surface area contributed by atoms with Crippen LogP contribution >= 0.6 is 0 Å². The van der Waals surface area contributed by atoms with Crippen LogP contribution < -0.4 is 5.32 Å². The van der Waals surface area contributed by atoms with Gasteiger partial charge in [-0.15, -0.1) is 0 Å². The fourth-order valence-electron chi connectivity index (χ4n) is 2.09. The number of aryl methyl sites for hydroxylation is 1. The highest BCUT2D eigenvalue weighted by atomic mass is 14.9. The van der Waals surface area contributed by atoms with Gasteiger partial charge in [-0.2, -0.15) is 0 Å². The van der Waals surface area contributed by atoms with E-state index < -0.39 is 0 Å². The largest absolute Gasteiger partial charge is 0.311 e. The van der Waals surface area contributed by atoms with Gasteiger partial charge >= 0.3 is 0 Å². The second-order valence-electron chi connectivity index (χ2n) is 4.74. The van der Waals surface area contributed by atoms with Crippen molar-refractivity contribution >= 4 is 6.08 Å². The minimum absolute atomic E-state index is 0.119. The fraction of sp³-hybridized carbons (Fsp3) is 0.429. The van der Waals surface area contributed by atoms with Gasteiger partial charge in [0.15, 0.2) is 0 Å². The van der Waals surface area contributed by atoms with Crippen LogP contribution in [0.2, 0.25) is 0 Å². The Morgan fingerprint density at radius 3 is 2.60 bits per heavy atom. The Morgan fingerprint density at radius 1 is 1.13 bits per heavy atom. The number of fused-ring (bicyclic) bond motifs is 1. The van der Waals surface area contributed by atoms with Gasteiger partial charge in [-0.1, -0.05) is 30.3 Å². The molecule has 0 radical (unpaired) electrons. The van der Waals surface area contributed by atoms with E-state index in [1.807, 2.05) is 7.05 Å². The Labute approximate surface area is 92.2 Å². The molecule has 0 bridgehead atoms.